The van der Waals surface area contributed by atoms with Crippen LogP contribution < -0.4 is 5.32 Å². The Balaban J connectivity index is 1.87. The highest BCUT2D eigenvalue weighted by Crippen LogP contribution is 2.28. The van der Waals surface area contributed by atoms with E-state index in [1.807, 2.05) is 13.0 Å². The van der Waals surface area contributed by atoms with Crippen LogP contribution in [0.5, 0.6) is 0 Å². The van der Waals surface area contributed by atoms with Crippen molar-refractivity contribution >= 4 is 5.69 Å². The van der Waals surface area contributed by atoms with E-state index in [-0.39, 0.29) is 5.82 Å². The summed E-state index contributed by atoms with van der Waals surface area (Å²) >= 11 is 0. The molecule has 94 valence electrons. The second-order valence-corrected chi connectivity index (χ2v) is 5.47. The second-order valence-electron chi connectivity index (χ2n) is 5.47. The van der Waals surface area contributed by atoms with Crippen LogP contribution in [0.4, 0.5) is 10.1 Å². The van der Waals surface area contributed by atoms with Gasteiger partial charge in [-0.15, -0.1) is 0 Å². The lowest BCUT2D eigenvalue weighted by molar-refractivity contribution is 0.300. The summed E-state index contributed by atoms with van der Waals surface area (Å²) in [6.07, 6.45) is 5.30. The Morgan fingerprint density at radius 1 is 1.24 bits per heavy atom. The van der Waals surface area contributed by atoms with Crippen LogP contribution in [0.15, 0.2) is 18.2 Å². The lowest BCUT2D eigenvalue weighted by Gasteiger charge is -2.26. The van der Waals surface area contributed by atoms with Gasteiger partial charge in [-0.1, -0.05) is 25.8 Å². The van der Waals surface area contributed by atoms with Gasteiger partial charge in [-0.05, 0) is 49.3 Å². The Hall–Kier alpha value is -1.05. The van der Waals surface area contributed by atoms with Crippen molar-refractivity contribution in [1.29, 1.82) is 0 Å². The fraction of sp³-hybridized carbons (Fsp3) is 0.600. The Labute approximate surface area is 103 Å². The fourth-order valence-corrected chi connectivity index (χ4v) is 2.57. The molecule has 0 heterocycles. The minimum absolute atomic E-state index is 0.157. The van der Waals surface area contributed by atoms with Gasteiger partial charge in [-0.25, -0.2) is 4.39 Å². The normalized spacial score (nSPS) is 24.6. The first-order valence-electron chi connectivity index (χ1n) is 6.65. The van der Waals surface area contributed by atoms with Crippen molar-refractivity contribution < 1.29 is 4.39 Å². The highest BCUT2D eigenvalue weighted by Gasteiger charge is 2.17. The van der Waals surface area contributed by atoms with Gasteiger partial charge in [0.25, 0.3) is 0 Å². The first-order valence-corrected chi connectivity index (χ1v) is 6.65. The van der Waals surface area contributed by atoms with E-state index in [1.54, 1.807) is 6.07 Å². The monoisotopic (exact) mass is 235 g/mol. The zero-order valence-corrected chi connectivity index (χ0v) is 10.8. The van der Waals surface area contributed by atoms with Crippen molar-refractivity contribution in [3.63, 3.8) is 0 Å². The fourth-order valence-electron chi connectivity index (χ4n) is 2.57. The van der Waals surface area contributed by atoms with Crippen molar-refractivity contribution in [2.45, 2.75) is 39.5 Å². The quantitative estimate of drug-likeness (QED) is 0.820. The predicted molar refractivity (Wildman–Crippen MR) is 70.7 cm³/mol. The third kappa shape index (κ3) is 3.45. The topological polar surface area (TPSA) is 12.0 Å². The third-order valence-corrected chi connectivity index (χ3v) is 3.92. The zero-order valence-electron chi connectivity index (χ0n) is 10.8. The summed E-state index contributed by atoms with van der Waals surface area (Å²) in [6, 6.07) is 4.95. The van der Waals surface area contributed by atoms with Crippen molar-refractivity contribution in [2.24, 2.45) is 11.8 Å². The van der Waals surface area contributed by atoms with E-state index >= 15 is 0 Å². The molecule has 1 aromatic rings. The van der Waals surface area contributed by atoms with Crippen LogP contribution in [0.25, 0.3) is 0 Å². The van der Waals surface area contributed by atoms with Gasteiger partial charge < -0.3 is 5.32 Å². The van der Waals surface area contributed by atoms with Gasteiger partial charge in [0.1, 0.15) is 5.82 Å². The first kappa shape index (κ1) is 12.4. The van der Waals surface area contributed by atoms with E-state index in [0.717, 1.165) is 29.6 Å². The molecule has 1 aliphatic rings. The molecule has 1 N–H and O–H groups in total. The minimum atomic E-state index is -0.157. The summed E-state index contributed by atoms with van der Waals surface area (Å²) in [7, 11) is 0. The highest BCUT2D eigenvalue weighted by molar-refractivity contribution is 5.50. The largest absolute Gasteiger partial charge is 0.384 e. The molecule has 2 heteroatoms. The molecule has 0 aliphatic heterocycles. The number of aryl methyl sites for hydroxylation is 1. The van der Waals surface area contributed by atoms with Crippen molar-refractivity contribution in [3.05, 3.63) is 29.6 Å². The molecule has 17 heavy (non-hydrogen) atoms. The van der Waals surface area contributed by atoms with Crippen LogP contribution in [0.3, 0.4) is 0 Å². The molecule has 1 aliphatic carbocycles. The van der Waals surface area contributed by atoms with E-state index in [4.69, 9.17) is 0 Å². The van der Waals surface area contributed by atoms with Gasteiger partial charge in [0.15, 0.2) is 0 Å². The maximum absolute atomic E-state index is 13.1. The lowest BCUT2D eigenvalue weighted by atomic mass is 9.83. The standard InChI is InChI=1S/C15H22FN/c1-11-3-6-13(7-4-11)10-17-15-9-14(16)8-5-12(15)2/h5,8-9,11,13,17H,3-4,6-7,10H2,1-2H3. The van der Waals surface area contributed by atoms with E-state index in [2.05, 4.69) is 12.2 Å². The SMILES string of the molecule is Cc1ccc(F)cc1NCC1CCC(C)CC1. The highest BCUT2D eigenvalue weighted by atomic mass is 19.1. The second kappa shape index (κ2) is 5.52. The van der Waals surface area contributed by atoms with Gasteiger partial charge in [-0.3, -0.25) is 0 Å². The molecule has 1 aromatic carbocycles. The van der Waals surface area contributed by atoms with Gasteiger partial charge >= 0.3 is 0 Å². The molecule has 2 rings (SSSR count). The van der Waals surface area contributed by atoms with Crippen LogP contribution in [-0.2, 0) is 0 Å². The Kier molecular flexibility index (Phi) is 4.03. The molecular formula is C15H22FN. The van der Waals surface area contributed by atoms with E-state index in [9.17, 15) is 4.39 Å². The number of benzene rings is 1. The third-order valence-electron chi connectivity index (χ3n) is 3.92. The van der Waals surface area contributed by atoms with Gasteiger partial charge in [0, 0.05) is 12.2 Å². The maximum atomic E-state index is 13.1. The molecule has 0 aromatic heterocycles. The summed E-state index contributed by atoms with van der Waals surface area (Å²) in [6.45, 7) is 5.34. The van der Waals surface area contributed by atoms with Crippen LogP contribution in [-0.4, -0.2) is 6.54 Å². The van der Waals surface area contributed by atoms with Crippen molar-refractivity contribution in [1.82, 2.24) is 0 Å². The summed E-state index contributed by atoms with van der Waals surface area (Å²) in [5.41, 5.74) is 2.07. The molecular weight excluding hydrogens is 213 g/mol. The molecule has 0 bridgehead atoms. The van der Waals surface area contributed by atoms with Crippen molar-refractivity contribution in [2.75, 3.05) is 11.9 Å². The van der Waals surface area contributed by atoms with E-state index < -0.39 is 0 Å². The first-order chi connectivity index (χ1) is 8.15. The number of hydrogen-bond donors (Lipinski definition) is 1. The average Bonchev–Trinajstić information content (AvgIpc) is 2.32. The van der Waals surface area contributed by atoms with Crippen LogP contribution in [0, 0.1) is 24.6 Å². The Morgan fingerprint density at radius 2 is 1.94 bits per heavy atom. The predicted octanol–water partition coefficient (Wildman–Crippen LogP) is 4.37. The summed E-state index contributed by atoms with van der Waals surface area (Å²) in [4.78, 5) is 0. The lowest BCUT2D eigenvalue weighted by Crippen LogP contribution is -2.20. The molecule has 0 amide bonds. The van der Waals surface area contributed by atoms with Crippen LogP contribution in [0.1, 0.15) is 38.2 Å². The Bertz CT molecular complexity index is 367. The molecule has 0 spiro atoms. The smallest absolute Gasteiger partial charge is 0.125 e. The summed E-state index contributed by atoms with van der Waals surface area (Å²) in [5.74, 6) is 1.49. The van der Waals surface area contributed by atoms with Crippen LogP contribution in [0.2, 0.25) is 0 Å². The zero-order chi connectivity index (χ0) is 12.3. The van der Waals surface area contributed by atoms with Gasteiger partial charge in [0.2, 0.25) is 0 Å². The minimum Gasteiger partial charge on any atom is -0.384 e. The molecule has 0 radical (unpaired) electrons. The molecule has 1 saturated carbocycles. The number of nitrogens with one attached hydrogen (secondary N) is 1. The summed E-state index contributed by atoms with van der Waals surface area (Å²) in [5, 5.41) is 3.40. The number of halogens is 1. The molecule has 1 fully saturated rings. The van der Waals surface area contributed by atoms with Crippen LogP contribution >= 0.6 is 0 Å². The molecule has 0 saturated heterocycles. The molecule has 0 atom stereocenters. The van der Waals surface area contributed by atoms with Gasteiger partial charge in [0.05, 0.1) is 0 Å². The molecule has 0 unspecified atom stereocenters. The van der Waals surface area contributed by atoms with Gasteiger partial charge in [-0.2, -0.15) is 0 Å². The van der Waals surface area contributed by atoms with E-state index in [0.29, 0.717) is 0 Å². The Morgan fingerprint density at radius 3 is 2.65 bits per heavy atom. The number of hydrogen-bond acceptors (Lipinski definition) is 1. The maximum Gasteiger partial charge on any atom is 0.125 e. The molecule has 1 nitrogen and oxygen atoms in total. The number of anilines is 1. The summed E-state index contributed by atoms with van der Waals surface area (Å²) < 4.78 is 13.1. The van der Waals surface area contributed by atoms with Crippen molar-refractivity contribution in [3.8, 4) is 0 Å². The average molecular weight is 235 g/mol. The van der Waals surface area contributed by atoms with E-state index in [1.165, 1.54) is 31.7 Å². The number of rotatable bonds is 3.